The highest BCUT2D eigenvalue weighted by Gasteiger charge is 2.31. The molecule has 0 radical (unpaired) electrons. The second-order valence-electron chi connectivity index (χ2n) is 6.48. The minimum absolute atomic E-state index is 0.0258. The summed E-state index contributed by atoms with van der Waals surface area (Å²) in [5, 5.41) is 2.94. The second kappa shape index (κ2) is 7.55. The van der Waals surface area contributed by atoms with E-state index in [0.29, 0.717) is 12.3 Å². The van der Waals surface area contributed by atoms with Crippen LogP contribution in [0.5, 0.6) is 5.75 Å². The lowest BCUT2D eigenvalue weighted by molar-refractivity contribution is -0.121. The molecule has 1 aromatic rings. The Morgan fingerprint density at radius 1 is 1.12 bits per heavy atom. The van der Waals surface area contributed by atoms with E-state index in [-0.39, 0.29) is 17.9 Å². The number of carbonyl (C=O) groups excluding carboxylic acids is 2. The number of ether oxygens (including phenoxy) is 1. The molecule has 1 atom stereocenters. The number of rotatable bonds is 3. The van der Waals surface area contributed by atoms with Crippen molar-refractivity contribution in [2.24, 2.45) is 5.92 Å². The summed E-state index contributed by atoms with van der Waals surface area (Å²) >= 11 is 0. The smallest absolute Gasteiger partial charge is 0.320 e. The molecule has 1 aromatic carbocycles. The van der Waals surface area contributed by atoms with E-state index in [1.807, 2.05) is 28.0 Å². The Morgan fingerprint density at radius 2 is 1.88 bits per heavy atom. The molecule has 6 nitrogen and oxygen atoms in total. The Balaban J connectivity index is 1.59. The molecule has 2 heterocycles. The molecule has 2 fully saturated rings. The number of likely N-dealkylation sites (tertiary alicyclic amines) is 2. The standard InChI is InChI=1S/C18H25N3O3/c1-24-16-8-4-7-15(12-16)19-17(22)14-6-5-11-21(13-14)18(23)20-9-2-3-10-20/h4,7-8,12,14H,2-3,5-6,9-11,13H2,1H3,(H,19,22)/t14-/m0/s1. The van der Waals surface area contributed by atoms with Crippen LogP contribution in [0.3, 0.4) is 0 Å². The third-order valence-electron chi connectivity index (χ3n) is 4.78. The molecule has 0 spiro atoms. The van der Waals surface area contributed by atoms with Crippen LogP contribution in [0, 0.1) is 5.92 Å². The quantitative estimate of drug-likeness (QED) is 0.926. The fourth-order valence-corrected chi connectivity index (χ4v) is 3.42. The molecule has 1 N–H and O–H groups in total. The highest BCUT2D eigenvalue weighted by molar-refractivity contribution is 5.93. The van der Waals surface area contributed by atoms with Crippen molar-refractivity contribution in [3.63, 3.8) is 0 Å². The van der Waals surface area contributed by atoms with Gasteiger partial charge in [0.15, 0.2) is 0 Å². The average Bonchev–Trinajstić information content (AvgIpc) is 3.16. The number of nitrogens with one attached hydrogen (secondary N) is 1. The van der Waals surface area contributed by atoms with Gasteiger partial charge in [-0.05, 0) is 37.8 Å². The zero-order valence-corrected chi connectivity index (χ0v) is 14.2. The van der Waals surface area contributed by atoms with E-state index >= 15 is 0 Å². The Morgan fingerprint density at radius 3 is 2.62 bits per heavy atom. The zero-order chi connectivity index (χ0) is 16.9. The van der Waals surface area contributed by atoms with Crippen LogP contribution >= 0.6 is 0 Å². The van der Waals surface area contributed by atoms with Crippen LogP contribution in [0.2, 0.25) is 0 Å². The molecule has 2 saturated heterocycles. The predicted octanol–water partition coefficient (Wildman–Crippen LogP) is 2.56. The molecule has 130 valence electrons. The summed E-state index contributed by atoms with van der Waals surface area (Å²) in [6.07, 6.45) is 3.86. The normalized spacial score (nSPS) is 20.8. The third-order valence-corrected chi connectivity index (χ3v) is 4.78. The Hall–Kier alpha value is -2.24. The van der Waals surface area contributed by atoms with E-state index in [4.69, 9.17) is 4.74 Å². The molecule has 0 saturated carbocycles. The van der Waals surface area contributed by atoms with Gasteiger partial charge in [0.1, 0.15) is 5.75 Å². The number of anilines is 1. The van der Waals surface area contributed by atoms with Crippen molar-refractivity contribution in [1.82, 2.24) is 9.80 Å². The average molecular weight is 331 g/mol. The zero-order valence-electron chi connectivity index (χ0n) is 14.2. The maximum atomic E-state index is 12.6. The van der Waals surface area contributed by atoms with Gasteiger partial charge in [-0.3, -0.25) is 4.79 Å². The van der Waals surface area contributed by atoms with Crippen LogP contribution < -0.4 is 10.1 Å². The van der Waals surface area contributed by atoms with Crippen LogP contribution in [-0.4, -0.2) is 55.0 Å². The largest absolute Gasteiger partial charge is 0.497 e. The molecule has 0 aromatic heterocycles. The van der Waals surface area contributed by atoms with Gasteiger partial charge >= 0.3 is 6.03 Å². The molecule has 6 heteroatoms. The summed E-state index contributed by atoms with van der Waals surface area (Å²) in [6.45, 7) is 2.94. The Kier molecular flexibility index (Phi) is 5.23. The lowest BCUT2D eigenvalue weighted by Gasteiger charge is -2.34. The van der Waals surface area contributed by atoms with Gasteiger partial charge in [-0.2, -0.15) is 0 Å². The number of amides is 3. The van der Waals surface area contributed by atoms with Crippen LogP contribution in [0.25, 0.3) is 0 Å². The van der Waals surface area contributed by atoms with Gasteiger partial charge in [0.25, 0.3) is 0 Å². The van der Waals surface area contributed by atoms with Crippen LogP contribution in [0.15, 0.2) is 24.3 Å². The van der Waals surface area contributed by atoms with E-state index in [0.717, 1.165) is 51.0 Å². The molecule has 24 heavy (non-hydrogen) atoms. The number of hydrogen-bond acceptors (Lipinski definition) is 3. The topological polar surface area (TPSA) is 61.9 Å². The number of carbonyl (C=O) groups is 2. The lowest BCUT2D eigenvalue weighted by Crippen LogP contribution is -2.48. The summed E-state index contributed by atoms with van der Waals surface area (Å²) in [5.41, 5.74) is 0.724. The number of methoxy groups -OCH3 is 1. The van der Waals surface area contributed by atoms with Crippen molar-refractivity contribution in [3.8, 4) is 5.75 Å². The molecule has 0 bridgehead atoms. The van der Waals surface area contributed by atoms with Gasteiger partial charge in [-0.1, -0.05) is 6.07 Å². The number of hydrogen-bond donors (Lipinski definition) is 1. The molecule has 0 aliphatic carbocycles. The minimum Gasteiger partial charge on any atom is -0.497 e. The van der Waals surface area contributed by atoms with Gasteiger partial charge in [-0.15, -0.1) is 0 Å². The van der Waals surface area contributed by atoms with Crippen molar-refractivity contribution >= 4 is 17.6 Å². The van der Waals surface area contributed by atoms with Crippen molar-refractivity contribution in [3.05, 3.63) is 24.3 Å². The molecule has 0 unspecified atom stereocenters. The van der Waals surface area contributed by atoms with E-state index in [1.165, 1.54) is 0 Å². The first-order valence-corrected chi connectivity index (χ1v) is 8.66. The number of nitrogens with zero attached hydrogens (tertiary/aromatic N) is 2. The number of piperidine rings is 1. The third kappa shape index (κ3) is 3.80. The molecular formula is C18H25N3O3. The summed E-state index contributed by atoms with van der Waals surface area (Å²) in [7, 11) is 1.60. The van der Waals surface area contributed by atoms with Crippen LogP contribution in [0.4, 0.5) is 10.5 Å². The Bertz CT molecular complexity index is 599. The van der Waals surface area contributed by atoms with Crippen LogP contribution in [-0.2, 0) is 4.79 Å². The highest BCUT2D eigenvalue weighted by Crippen LogP contribution is 2.22. The van der Waals surface area contributed by atoms with Crippen molar-refractivity contribution in [2.45, 2.75) is 25.7 Å². The number of urea groups is 1. The molecule has 2 aliphatic rings. The van der Waals surface area contributed by atoms with E-state index in [2.05, 4.69) is 5.32 Å². The summed E-state index contributed by atoms with van der Waals surface area (Å²) < 4.78 is 5.18. The Labute approximate surface area is 142 Å². The number of benzene rings is 1. The molecule has 2 aliphatic heterocycles. The van der Waals surface area contributed by atoms with Crippen LogP contribution in [0.1, 0.15) is 25.7 Å². The van der Waals surface area contributed by atoms with E-state index in [1.54, 1.807) is 13.2 Å². The summed E-state index contributed by atoms with van der Waals surface area (Å²) in [4.78, 5) is 28.8. The van der Waals surface area contributed by atoms with E-state index in [9.17, 15) is 9.59 Å². The first kappa shape index (κ1) is 16.6. The lowest BCUT2D eigenvalue weighted by atomic mass is 9.97. The fourth-order valence-electron chi connectivity index (χ4n) is 3.42. The van der Waals surface area contributed by atoms with Gasteiger partial charge in [-0.25, -0.2) is 4.79 Å². The van der Waals surface area contributed by atoms with Crippen molar-refractivity contribution in [1.29, 1.82) is 0 Å². The van der Waals surface area contributed by atoms with Gasteiger partial charge < -0.3 is 19.9 Å². The summed E-state index contributed by atoms with van der Waals surface area (Å²) in [6, 6.07) is 7.42. The molecule has 3 rings (SSSR count). The maximum Gasteiger partial charge on any atom is 0.320 e. The van der Waals surface area contributed by atoms with Gasteiger partial charge in [0, 0.05) is 37.9 Å². The minimum atomic E-state index is -0.156. The van der Waals surface area contributed by atoms with Crippen molar-refractivity contribution < 1.29 is 14.3 Å². The first-order chi connectivity index (χ1) is 11.7. The first-order valence-electron chi connectivity index (χ1n) is 8.66. The SMILES string of the molecule is COc1cccc(NC(=O)[C@H]2CCCN(C(=O)N3CCCC3)C2)c1. The van der Waals surface area contributed by atoms with Crippen molar-refractivity contribution in [2.75, 3.05) is 38.6 Å². The van der Waals surface area contributed by atoms with Gasteiger partial charge in [0.05, 0.1) is 13.0 Å². The fraction of sp³-hybridized carbons (Fsp3) is 0.556. The molecular weight excluding hydrogens is 306 g/mol. The second-order valence-corrected chi connectivity index (χ2v) is 6.48. The monoisotopic (exact) mass is 331 g/mol. The van der Waals surface area contributed by atoms with E-state index < -0.39 is 0 Å². The maximum absolute atomic E-state index is 12.6. The molecule has 3 amide bonds. The predicted molar refractivity (Wildman–Crippen MR) is 92.1 cm³/mol. The van der Waals surface area contributed by atoms with Gasteiger partial charge in [0.2, 0.25) is 5.91 Å². The highest BCUT2D eigenvalue weighted by atomic mass is 16.5. The summed E-state index contributed by atoms with van der Waals surface area (Å²) in [5.74, 6) is 0.529.